The van der Waals surface area contributed by atoms with Crippen molar-refractivity contribution in [3.63, 3.8) is 0 Å². The van der Waals surface area contributed by atoms with Gasteiger partial charge in [-0.25, -0.2) is 0 Å². The molecule has 3 rings (SSSR count). The van der Waals surface area contributed by atoms with Crippen molar-refractivity contribution in [2.24, 2.45) is 0 Å². The van der Waals surface area contributed by atoms with E-state index in [2.05, 4.69) is 5.32 Å². The van der Waals surface area contributed by atoms with Crippen LogP contribution in [0.2, 0.25) is 0 Å². The molecule has 0 saturated carbocycles. The number of esters is 1. The van der Waals surface area contributed by atoms with E-state index in [1.807, 2.05) is 61.5 Å². The third-order valence-corrected chi connectivity index (χ3v) is 3.64. The highest BCUT2D eigenvalue weighted by Crippen LogP contribution is 2.44. The molecule has 0 saturated heterocycles. The zero-order valence-electron chi connectivity index (χ0n) is 11.4. The average molecular weight is 267 g/mol. The van der Waals surface area contributed by atoms with Gasteiger partial charge >= 0.3 is 5.97 Å². The lowest BCUT2D eigenvalue weighted by molar-refractivity contribution is -0.145. The van der Waals surface area contributed by atoms with Gasteiger partial charge in [0.1, 0.15) is 5.92 Å². The Labute approximate surface area is 118 Å². The summed E-state index contributed by atoms with van der Waals surface area (Å²) >= 11 is 0. The van der Waals surface area contributed by atoms with Gasteiger partial charge in [0, 0.05) is 5.69 Å². The SMILES string of the molecule is CCOC(=O)[C@@H]1c2ccccc2N[C@H]1c1ccccc1. The Balaban J connectivity index is 2.01. The predicted octanol–water partition coefficient (Wildman–Crippen LogP) is 3.50. The zero-order valence-corrected chi connectivity index (χ0v) is 11.4. The summed E-state index contributed by atoms with van der Waals surface area (Å²) in [6.07, 6.45) is 0. The lowest BCUT2D eigenvalue weighted by atomic mass is 9.90. The molecule has 0 aromatic heterocycles. The summed E-state index contributed by atoms with van der Waals surface area (Å²) in [4.78, 5) is 12.3. The van der Waals surface area contributed by atoms with E-state index >= 15 is 0 Å². The largest absolute Gasteiger partial charge is 0.465 e. The van der Waals surface area contributed by atoms with Crippen LogP contribution in [0.4, 0.5) is 5.69 Å². The number of benzene rings is 2. The molecule has 2 aromatic rings. The highest BCUT2D eigenvalue weighted by atomic mass is 16.5. The molecule has 0 aliphatic carbocycles. The van der Waals surface area contributed by atoms with Crippen molar-refractivity contribution in [2.75, 3.05) is 11.9 Å². The van der Waals surface area contributed by atoms with Crippen LogP contribution in [0.3, 0.4) is 0 Å². The highest BCUT2D eigenvalue weighted by Gasteiger charge is 2.38. The molecule has 20 heavy (non-hydrogen) atoms. The summed E-state index contributed by atoms with van der Waals surface area (Å²) < 4.78 is 5.26. The van der Waals surface area contributed by atoms with E-state index in [-0.39, 0.29) is 17.9 Å². The number of anilines is 1. The fourth-order valence-electron chi connectivity index (χ4n) is 2.76. The minimum absolute atomic E-state index is 0.0624. The molecule has 102 valence electrons. The van der Waals surface area contributed by atoms with Gasteiger partial charge in [0.15, 0.2) is 0 Å². The number of ether oxygens (including phenoxy) is 1. The molecule has 1 N–H and O–H groups in total. The lowest BCUT2D eigenvalue weighted by Crippen LogP contribution is -2.21. The molecule has 3 nitrogen and oxygen atoms in total. The Morgan fingerprint density at radius 3 is 2.55 bits per heavy atom. The standard InChI is InChI=1S/C17H17NO2/c1-2-20-17(19)15-13-10-6-7-11-14(13)18-16(15)12-8-4-3-5-9-12/h3-11,15-16,18H,2H2,1H3/t15-,16+/m1/s1. The van der Waals surface area contributed by atoms with Gasteiger partial charge in [-0.05, 0) is 24.1 Å². The van der Waals surface area contributed by atoms with Crippen LogP contribution in [0.1, 0.15) is 30.0 Å². The Hall–Kier alpha value is -2.29. The van der Waals surface area contributed by atoms with Crippen molar-refractivity contribution in [3.05, 3.63) is 65.7 Å². The minimum Gasteiger partial charge on any atom is -0.465 e. The maximum atomic E-state index is 12.3. The molecule has 0 spiro atoms. The van der Waals surface area contributed by atoms with Crippen molar-refractivity contribution in [1.82, 2.24) is 0 Å². The zero-order chi connectivity index (χ0) is 13.9. The molecule has 2 aromatic carbocycles. The predicted molar refractivity (Wildman–Crippen MR) is 78.6 cm³/mol. The maximum absolute atomic E-state index is 12.3. The van der Waals surface area contributed by atoms with Crippen molar-refractivity contribution < 1.29 is 9.53 Å². The van der Waals surface area contributed by atoms with Crippen molar-refractivity contribution in [3.8, 4) is 0 Å². The Morgan fingerprint density at radius 1 is 1.10 bits per heavy atom. The molecule has 0 amide bonds. The fraction of sp³-hybridized carbons (Fsp3) is 0.235. The number of fused-ring (bicyclic) bond motifs is 1. The van der Waals surface area contributed by atoms with E-state index in [4.69, 9.17) is 4.74 Å². The molecule has 0 bridgehead atoms. The summed E-state index contributed by atoms with van der Waals surface area (Å²) in [5.74, 6) is -0.452. The number of para-hydroxylation sites is 1. The molecule has 1 aliphatic rings. The van der Waals surface area contributed by atoms with E-state index in [1.165, 1.54) is 0 Å². The minimum atomic E-state index is -0.284. The second-order valence-corrected chi connectivity index (χ2v) is 4.85. The molecular weight excluding hydrogens is 250 g/mol. The first-order valence-corrected chi connectivity index (χ1v) is 6.88. The third kappa shape index (κ3) is 2.16. The first-order valence-electron chi connectivity index (χ1n) is 6.88. The monoisotopic (exact) mass is 267 g/mol. The highest BCUT2D eigenvalue weighted by molar-refractivity contribution is 5.85. The molecule has 1 aliphatic heterocycles. The normalized spacial score (nSPS) is 20.1. The maximum Gasteiger partial charge on any atom is 0.315 e. The lowest BCUT2D eigenvalue weighted by Gasteiger charge is -2.19. The van der Waals surface area contributed by atoms with Gasteiger partial charge in [0.2, 0.25) is 0 Å². The second kappa shape index (κ2) is 5.37. The van der Waals surface area contributed by atoms with Gasteiger partial charge in [0.25, 0.3) is 0 Å². The summed E-state index contributed by atoms with van der Waals surface area (Å²) in [5, 5.41) is 3.44. The van der Waals surface area contributed by atoms with Gasteiger partial charge in [0.05, 0.1) is 12.6 Å². The van der Waals surface area contributed by atoms with Crippen LogP contribution in [0, 0.1) is 0 Å². The number of hydrogen-bond acceptors (Lipinski definition) is 3. The topological polar surface area (TPSA) is 38.3 Å². The first kappa shape index (κ1) is 12.7. The molecule has 0 unspecified atom stereocenters. The summed E-state index contributed by atoms with van der Waals surface area (Å²) in [6.45, 7) is 2.24. The van der Waals surface area contributed by atoms with E-state index in [0.29, 0.717) is 6.61 Å². The Morgan fingerprint density at radius 2 is 1.80 bits per heavy atom. The molecule has 3 heteroatoms. The van der Waals surface area contributed by atoms with Gasteiger partial charge in [-0.3, -0.25) is 4.79 Å². The van der Waals surface area contributed by atoms with Crippen LogP contribution < -0.4 is 5.32 Å². The summed E-state index contributed by atoms with van der Waals surface area (Å²) in [5.41, 5.74) is 3.13. The van der Waals surface area contributed by atoms with Gasteiger partial charge in [-0.1, -0.05) is 48.5 Å². The number of carbonyl (C=O) groups excluding carboxylic acids is 1. The number of nitrogens with one attached hydrogen (secondary N) is 1. The quantitative estimate of drug-likeness (QED) is 0.865. The Kier molecular flexibility index (Phi) is 3.42. The van der Waals surface area contributed by atoms with Crippen LogP contribution in [0.25, 0.3) is 0 Å². The molecule has 0 radical (unpaired) electrons. The van der Waals surface area contributed by atoms with Crippen LogP contribution in [0.5, 0.6) is 0 Å². The van der Waals surface area contributed by atoms with Gasteiger partial charge in [-0.2, -0.15) is 0 Å². The van der Waals surface area contributed by atoms with E-state index in [1.54, 1.807) is 0 Å². The van der Waals surface area contributed by atoms with Crippen LogP contribution in [-0.4, -0.2) is 12.6 Å². The van der Waals surface area contributed by atoms with Crippen LogP contribution >= 0.6 is 0 Å². The van der Waals surface area contributed by atoms with Crippen LogP contribution in [0.15, 0.2) is 54.6 Å². The number of hydrogen-bond donors (Lipinski definition) is 1. The van der Waals surface area contributed by atoms with E-state index in [0.717, 1.165) is 16.8 Å². The Bertz CT molecular complexity index is 609. The molecule has 0 fully saturated rings. The second-order valence-electron chi connectivity index (χ2n) is 4.85. The smallest absolute Gasteiger partial charge is 0.315 e. The summed E-state index contributed by atoms with van der Waals surface area (Å²) in [6, 6.07) is 17.9. The number of rotatable bonds is 3. The fourth-order valence-corrected chi connectivity index (χ4v) is 2.76. The average Bonchev–Trinajstić information content (AvgIpc) is 2.88. The first-order chi connectivity index (χ1) is 9.81. The van der Waals surface area contributed by atoms with Crippen molar-refractivity contribution in [2.45, 2.75) is 18.9 Å². The van der Waals surface area contributed by atoms with E-state index in [9.17, 15) is 4.79 Å². The van der Waals surface area contributed by atoms with Gasteiger partial charge in [-0.15, -0.1) is 0 Å². The van der Waals surface area contributed by atoms with Crippen LogP contribution in [-0.2, 0) is 9.53 Å². The van der Waals surface area contributed by atoms with Crippen molar-refractivity contribution >= 4 is 11.7 Å². The van der Waals surface area contributed by atoms with Crippen molar-refractivity contribution in [1.29, 1.82) is 0 Å². The summed E-state index contributed by atoms with van der Waals surface area (Å²) in [7, 11) is 0. The third-order valence-electron chi connectivity index (χ3n) is 3.64. The van der Waals surface area contributed by atoms with Gasteiger partial charge < -0.3 is 10.1 Å². The van der Waals surface area contributed by atoms with E-state index < -0.39 is 0 Å². The number of carbonyl (C=O) groups is 1. The molecule has 1 heterocycles. The molecule has 2 atom stereocenters. The molecular formula is C17H17NO2.